The van der Waals surface area contributed by atoms with Crippen LogP contribution < -0.4 is 0 Å². The van der Waals surface area contributed by atoms with Crippen molar-refractivity contribution in [3.05, 3.63) is 29.6 Å². The zero-order valence-electron chi connectivity index (χ0n) is 7.10. The fourth-order valence-electron chi connectivity index (χ4n) is 0.942. The van der Waals surface area contributed by atoms with Crippen LogP contribution in [0.1, 0.15) is 28.9 Å². The van der Waals surface area contributed by atoms with Gasteiger partial charge in [-0.1, -0.05) is 0 Å². The van der Waals surface area contributed by atoms with Gasteiger partial charge in [-0.15, -0.1) is 0 Å². The van der Waals surface area contributed by atoms with Crippen LogP contribution in [0.15, 0.2) is 18.3 Å². The summed E-state index contributed by atoms with van der Waals surface area (Å²) in [5.41, 5.74) is 0.843. The zero-order valence-corrected chi connectivity index (χ0v) is 7.10. The summed E-state index contributed by atoms with van der Waals surface area (Å²) in [5, 5.41) is 8.69. The highest BCUT2D eigenvalue weighted by molar-refractivity contribution is 5.77. The van der Waals surface area contributed by atoms with E-state index in [-0.39, 0.29) is 5.69 Å². The molecule has 4 heteroatoms. The molecule has 1 unspecified atom stereocenters. The van der Waals surface area contributed by atoms with Gasteiger partial charge in [0.2, 0.25) is 0 Å². The maximum Gasteiger partial charge on any atom is 0.310 e. The number of carboxylic acid groups (broad SMARTS) is 1. The van der Waals surface area contributed by atoms with E-state index < -0.39 is 11.9 Å². The quantitative estimate of drug-likeness (QED) is 0.705. The third-order valence-electron chi connectivity index (χ3n) is 1.80. The molecule has 0 fully saturated rings. The van der Waals surface area contributed by atoms with Crippen molar-refractivity contribution in [1.29, 1.82) is 0 Å². The van der Waals surface area contributed by atoms with Gasteiger partial charge in [0.15, 0.2) is 6.29 Å². The van der Waals surface area contributed by atoms with Crippen molar-refractivity contribution in [2.45, 2.75) is 12.8 Å². The Balaban J connectivity index is 3.01. The van der Waals surface area contributed by atoms with Crippen LogP contribution in [-0.4, -0.2) is 22.3 Å². The molecule has 1 N–H and O–H groups in total. The average Bonchev–Trinajstić information content (AvgIpc) is 2.16. The molecule has 0 bridgehead atoms. The van der Waals surface area contributed by atoms with E-state index in [2.05, 4.69) is 4.98 Å². The Labute approximate surface area is 75.2 Å². The molecule has 4 nitrogen and oxygen atoms in total. The monoisotopic (exact) mass is 179 g/mol. The van der Waals surface area contributed by atoms with E-state index in [1.54, 1.807) is 13.0 Å². The molecule has 0 saturated carbocycles. The number of aromatic nitrogens is 1. The van der Waals surface area contributed by atoms with Crippen LogP contribution in [0.5, 0.6) is 0 Å². The average molecular weight is 179 g/mol. The lowest BCUT2D eigenvalue weighted by atomic mass is 10.0. The van der Waals surface area contributed by atoms with Crippen molar-refractivity contribution in [3.8, 4) is 0 Å². The molecule has 1 heterocycles. The van der Waals surface area contributed by atoms with Crippen molar-refractivity contribution < 1.29 is 14.7 Å². The predicted molar refractivity (Wildman–Crippen MR) is 45.7 cm³/mol. The number of carbonyl (C=O) groups excluding carboxylic acids is 1. The molecule has 1 aromatic heterocycles. The van der Waals surface area contributed by atoms with Crippen LogP contribution in [0.25, 0.3) is 0 Å². The first-order chi connectivity index (χ1) is 6.15. The Morgan fingerprint density at radius 1 is 1.69 bits per heavy atom. The lowest BCUT2D eigenvalue weighted by Gasteiger charge is -2.05. The van der Waals surface area contributed by atoms with E-state index in [9.17, 15) is 9.59 Å². The SMILES string of the molecule is CC(C(=O)O)c1ccnc(C=O)c1. The molecule has 0 aliphatic carbocycles. The second-order valence-corrected chi connectivity index (χ2v) is 2.69. The molecule has 0 saturated heterocycles. The van der Waals surface area contributed by atoms with E-state index in [4.69, 9.17) is 5.11 Å². The molecule has 0 amide bonds. The number of hydrogen-bond acceptors (Lipinski definition) is 3. The van der Waals surface area contributed by atoms with E-state index in [1.165, 1.54) is 12.3 Å². The minimum absolute atomic E-state index is 0.255. The first-order valence-electron chi connectivity index (χ1n) is 3.79. The molecular weight excluding hydrogens is 170 g/mol. The first kappa shape index (κ1) is 9.38. The van der Waals surface area contributed by atoms with Gasteiger partial charge in [0.25, 0.3) is 0 Å². The van der Waals surface area contributed by atoms with Gasteiger partial charge < -0.3 is 5.11 Å². The molecule has 0 aromatic carbocycles. The van der Waals surface area contributed by atoms with Gasteiger partial charge in [0, 0.05) is 6.20 Å². The third-order valence-corrected chi connectivity index (χ3v) is 1.80. The minimum atomic E-state index is -0.914. The fraction of sp³-hybridized carbons (Fsp3) is 0.222. The number of rotatable bonds is 3. The number of hydrogen-bond donors (Lipinski definition) is 1. The van der Waals surface area contributed by atoms with Gasteiger partial charge in [-0.2, -0.15) is 0 Å². The second-order valence-electron chi connectivity index (χ2n) is 2.69. The van der Waals surface area contributed by atoms with Gasteiger partial charge in [0.1, 0.15) is 5.69 Å². The summed E-state index contributed by atoms with van der Waals surface area (Å²) >= 11 is 0. The summed E-state index contributed by atoms with van der Waals surface area (Å²) in [7, 11) is 0. The van der Waals surface area contributed by atoms with Gasteiger partial charge in [-0.3, -0.25) is 14.6 Å². The van der Waals surface area contributed by atoms with Crippen LogP contribution in [0.2, 0.25) is 0 Å². The van der Waals surface area contributed by atoms with Crippen LogP contribution in [0.4, 0.5) is 0 Å². The second kappa shape index (κ2) is 3.80. The summed E-state index contributed by atoms with van der Waals surface area (Å²) in [6, 6.07) is 3.07. The molecule has 0 radical (unpaired) electrons. The molecule has 1 aromatic rings. The number of carbonyl (C=O) groups is 2. The van der Waals surface area contributed by atoms with Crippen LogP contribution in [-0.2, 0) is 4.79 Å². The highest BCUT2D eigenvalue weighted by Gasteiger charge is 2.13. The highest BCUT2D eigenvalue weighted by Crippen LogP contribution is 2.14. The molecule has 1 rings (SSSR count). The summed E-state index contributed by atoms with van der Waals surface area (Å²) < 4.78 is 0. The minimum Gasteiger partial charge on any atom is -0.481 e. The fourth-order valence-corrected chi connectivity index (χ4v) is 0.942. The largest absolute Gasteiger partial charge is 0.481 e. The Hall–Kier alpha value is -1.71. The van der Waals surface area contributed by atoms with Gasteiger partial charge in [-0.25, -0.2) is 0 Å². The van der Waals surface area contributed by atoms with E-state index in [0.29, 0.717) is 11.8 Å². The smallest absolute Gasteiger partial charge is 0.310 e. The van der Waals surface area contributed by atoms with Crippen molar-refractivity contribution in [2.24, 2.45) is 0 Å². The Morgan fingerprint density at radius 3 is 2.92 bits per heavy atom. The lowest BCUT2D eigenvalue weighted by molar-refractivity contribution is -0.138. The molecule has 1 atom stereocenters. The maximum absolute atomic E-state index is 10.6. The number of pyridine rings is 1. The number of aldehydes is 1. The van der Waals surface area contributed by atoms with Crippen molar-refractivity contribution in [2.75, 3.05) is 0 Å². The summed E-state index contributed by atoms with van der Waals surface area (Å²) in [6.07, 6.45) is 2.02. The highest BCUT2D eigenvalue weighted by atomic mass is 16.4. The molecule has 68 valence electrons. The molecular formula is C9H9NO3. The summed E-state index contributed by atoms with van der Waals surface area (Å²) in [5.74, 6) is -1.52. The van der Waals surface area contributed by atoms with Crippen LogP contribution in [0.3, 0.4) is 0 Å². The lowest BCUT2D eigenvalue weighted by Crippen LogP contribution is -2.07. The topological polar surface area (TPSA) is 67.3 Å². The van der Waals surface area contributed by atoms with Crippen molar-refractivity contribution in [3.63, 3.8) is 0 Å². The van der Waals surface area contributed by atoms with E-state index >= 15 is 0 Å². The van der Waals surface area contributed by atoms with Crippen molar-refractivity contribution in [1.82, 2.24) is 4.98 Å². The Kier molecular flexibility index (Phi) is 2.74. The Bertz CT molecular complexity index is 335. The van der Waals surface area contributed by atoms with Gasteiger partial charge in [0.05, 0.1) is 5.92 Å². The molecule has 0 aliphatic heterocycles. The van der Waals surface area contributed by atoms with E-state index in [0.717, 1.165) is 0 Å². The molecule has 0 spiro atoms. The van der Waals surface area contributed by atoms with Gasteiger partial charge in [-0.05, 0) is 24.6 Å². The van der Waals surface area contributed by atoms with Crippen LogP contribution in [0, 0.1) is 0 Å². The van der Waals surface area contributed by atoms with Crippen LogP contribution >= 0.6 is 0 Å². The standard InChI is InChI=1S/C9H9NO3/c1-6(9(12)13)7-2-3-10-8(4-7)5-11/h2-6H,1H3,(H,12,13). The normalized spacial score (nSPS) is 12.1. The van der Waals surface area contributed by atoms with Crippen molar-refractivity contribution >= 4 is 12.3 Å². The third kappa shape index (κ3) is 2.11. The van der Waals surface area contributed by atoms with Gasteiger partial charge >= 0.3 is 5.97 Å². The maximum atomic E-state index is 10.6. The molecule has 13 heavy (non-hydrogen) atoms. The predicted octanol–water partition coefficient (Wildman–Crippen LogP) is 1.08. The summed E-state index contributed by atoms with van der Waals surface area (Å²) in [6.45, 7) is 1.56. The molecule has 0 aliphatic rings. The zero-order chi connectivity index (χ0) is 9.84. The number of aliphatic carboxylic acids is 1. The van der Waals surface area contributed by atoms with E-state index in [1.807, 2.05) is 0 Å². The first-order valence-corrected chi connectivity index (χ1v) is 3.79. The number of nitrogens with zero attached hydrogens (tertiary/aromatic N) is 1. The summed E-state index contributed by atoms with van der Waals surface area (Å²) in [4.78, 5) is 24.7. The number of carboxylic acids is 1. The Morgan fingerprint density at radius 2 is 2.38 bits per heavy atom.